The molecule has 1 heterocycles. The van der Waals surface area contributed by atoms with Gasteiger partial charge in [0.25, 0.3) is 5.91 Å². The lowest BCUT2D eigenvalue weighted by Crippen LogP contribution is -2.30. The van der Waals surface area contributed by atoms with Crippen LogP contribution in [0.25, 0.3) is 0 Å². The summed E-state index contributed by atoms with van der Waals surface area (Å²) >= 11 is 1.97. The van der Waals surface area contributed by atoms with E-state index in [0.717, 1.165) is 30.8 Å². The van der Waals surface area contributed by atoms with Gasteiger partial charge in [0, 0.05) is 24.0 Å². The van der Waals surface area contributed by atoms with Crippen LogP contribution in [0.5, 0.6) is 0 Å². The molecular weight excluding hydrogens is 256 g/mol. The van der Waals surface area contributed by atoms with Crippen LogP contribution in [0, 0.1) is 0 Å². The maximum atomic E-state index is 12.2. The molecule has 1 saturated heterocycles. The number of nitrogens with one attached hydrogen (secondary N) is 2. The van der Waals surface area contributed by atoms with E-state index in [0.29, 0.717) is 5.25 Å². The molecule has 1 fully saturated rings. The van der Waals surface area contributed by atoms with E-state index in [1.807, 2.05) is 36.0 Å². The van der Waals surface area contributed by atoms with E-state index in [1.54, 1.807) is 0 Å². The maximum absolute atomic E-state index is 12.2. The monoisotopic (exact) mass is 278 g/mol. The summed E-state index contributed by atoms with van der Waals surface area (Å²) in [6, 6.07) is 7.72. The molecule has 19 heavy (non-hydrogen) atoms. The number of para-hydroxylation sites is 1. The Hall–Kier alpha value is -1.16. The normalized spacial score (nSPS) is 18.3. The Labute approximate surface area is 119 Å². The van der Waals surface area contributed by atoms with Gasteiger partial charge < -0.3 is 10.6 Å². The average Bonchev–Trinajstić information content (AvgIpc) is 2.96. The van der Waals surface area contributed by atoms with Crippen molar-refractivity contribution in [2.75, 3.05) is 24.2 Å². The highest BCUT2D eigenvalue weighted by Gasteiger charge is 2.17. The van der Waals surface area contributed by atoms with Gasteiger partial charge >= 0.3 is 0 Å². The third-order valence-electron chi connectivity index (χ3n) is 3.25. The van der Waals surface area contributed by atoms with Crippen LogP contribution in [0.15, 0.2) is 24.3 Å². The van der Waals surface area contributed by atoms with Crippen LogP contribution in [0.4, 0.5) is 5.69 Å². The second-order valence-corrected chi connectivity index (χ2v) is 6.23. The maximum Gasteiger partial charge on any atom is 0.253 e. The zero-order valence-corrected chi connectivity index (χ0v) is 12.3. The SMILES string of the molecule is CCCNc1ccccc1C(=O)NCC1CCCS1. The van der Waals surface area contributed by atoms with Crippen molar-refractivity contribution in [2.45, 2.75) is 31.4 Å². The Bertz CT molecular complexity index is 416. The van der Waals surface area contributed by atoms with E-state index in [9.17, 15) is 4.79 Å². The topological polar surface area (TPSA) is 41.1 Å². The summed E-state index contributed by atoms with van der Waals surface area (Å²) in [7, 11) is 0. The molecule has 1 aliphatic rings. The van der Waals surface area contributed by atoms with Crippen molar-refractivity contribution < 1.29 is 4.79 Å². The summed E-state index contributed by atoms with van der Waals surface area (Å²) in [5, 5.41) is 6.96. The second kappa shape index (κ2) is 7.43. The summed E-state index contributed by atoms with van der Waals surface area (Å²) < 4.78 is 0. The quantitative estimate of drug-likeness (QED) is 0.840. The third kappa shape index (κ3) is 4.16. The van der Waals surface area contributed by atoms with Gasteiger partial charge in [0.1, 0.15) is 0 Å². The van der Waals surface area contributed by atoms with Gasteiger partial charge in [-0.3, -0.25) is 4.79 Å². The van der Waals surface area contributed by atoms with Crippen molar-refractivity contribution in [1.29, 1.82) is 0 Å². The summed E-state index contributed by atoms with van der Waals surface area (Å²) in [5.74, 6) is 1.27. The highest BCUT2D eigenvalue weighted by Crippen LogP contribution is 2.25. The van der Waals surface area contributed by atoms with Crippen LogP contribution in [0.2, 0.25) is 0 Å². The van der Waals surface area contributed by atoms with Crippen molar-refractivity contribution in [2.24, 2.45) is 0 Å². The molecule has 1 atom stereocenters. The Morgan fingerprint density at radius 2 is 2.26 bits per heavy atom. The number of carbonyl (C=O) groups excluding carboxylic acids is 1. The van der Waals surface area contributed by atoms with Gasteiger partial charge in [0.05, 0.1) is 5.56 Å². The predicted octanol–water partition coefficient (Wildman–Crippen LogP) is 3.13. The molecule has 2 N–H and O–H groups in total. The first-order valence-corrected chi connectivity index (χ1v) is 8.09. The van der Waals surface area contributed by atoms with E-state index in [2.05, 4.69) is 17.6 Å². The number of amides is 1. The molecular formula is C15H22N2OS. The van der Waals surface area contributed by atoms with Crippen molar-refractivity contribution >= 4 is 23.4 Å². The number of hydrogen-bond acceptors (Lipinski definition) is 3. The number of anilines is 1. The number of benzene rings is 1. The molecule has 0 aliphatic carbocycles. The molecule has 1 unspecified atom stereocenters. The fraction of sp³-hybridized carbons (Fsp3) is 0.533. The minimum atomic E-state index is 0.0340. The molecule has 0 radical (unpaired) electrons. The van der Waals surface area contributed by atoms with Crippen molar-refractivity contribution in [3.8, 4) is 0 Å². The first-order chi connectivity index (χ1) is 9.31. The first-order valence-electron chi connectivity index (χ1n) is 7.04. The Morgan fingerprint density at radius 3 is 3.00 bits per heavy atom. The van der Waals surface area contributed by atoms with E-state index in [-0.39, 0.29) is 5.91 Å². The molecule has 0 bridgehead atoms. The molecule has 0 spiro atoms. The van der Waals surface area contributed by atoms with Gasteiger partial charge in [0.2, 0.25) is 0 Å². The molecule has 3 nitrogen and oxygen atoms in total. The molecule has 4 heteroatoms. The lowest BCUT2D eigenvalue weighted by Gasteiger charge is -2.13. The van der Waals surface area contributed by atoms with E-state index >= 15 is 0 Å². The summed E-state index contributed by atoms with van der Waals surface area (Å²) in [6.07, 6.45) is 3.55. The van der Waals surface area contributed by atoms with Crippen molar-refractivity contribution in [3.63, 3.8) is 0 Å². The van der Waals surface area contributed by atoms with Gasteiger partial charge in [0.15, 0.2) is 0 Å². The lowest BCUT2D eigenvalue weighted by molar-refractivity contribution is 0.0954. The van der Waals surface area contributed by atoms with Gasteiger partial charge in [-0.15, -0.1) is 0 Å². The minimum Gasteiger partial charge on any atom is -0.384 e. The molecule has 0 aromatic heterocycles. The van der Waals surface area contributed by atoms with Crippen molar-refractivity contribution in [1.82, 2.24) is 5.32 Å². The lowest BCUT2D eigenvalue weighted by atomic mass is 10.1. The van der Waals surface area contributed by atoms with Crippen LogP contribution in [0.3, 0.4) is 0 Å². The molecule has 104 valence electrons. The van der Waals surface area contributed by atoms with Crippen LogP contribution in [-0.4, -0.2) is 30.0 Å². The zero-order valence-electron chi connectivity index (χ0n) is 11.4. The molecule has 0 saturated carbocycles. The smallest absolute Gasteiger partial charge is 0.253 e. The van der Waals surface area contributed by atoms with Crippen LogP contribution < -0.4 is 10.6 Å². The molecule has 1 amide bonds. The van der Waals surface area contributed by atoms with E-state index < -0.39 is 0 Å². The van der Waals surface area contributed by atoms with Gasteiger partial charge in [-0.05, 0) is 37.1 Å². The predicted molar refractivity (Wildman–Crippen MR) is 83.0 cm³/mol. The van der Waals surface area contributed by atoms with Crippen LogP contribution in [-0.2, 0) is 0 Å². The Kier molecular flexibility index (Phi) is 5.58. The van der Waals surface area contributed by atoms with Gasteiger partial charge in [-0.2, -0.15) is 11.8 Å². The van der Waals surface area contributed by atoms with Crippen LogP contribution >= 0.6 is 11.8 Å². The summed E-state index contributed by atoms with van der Waals surface area (Å²) in [6.45, 7) is 3.79. The fourth-order valence-corrected chi connectivity index (χ4v) is 3.40. The van der Waals surface area contributed by atoms with E-state index in [1.165, 1.54) is 18.6 Å². The number of rotatable bonds is 6. The van der Waals surface area contributed by atoms with Crippen LogP contribution in [0.1, 0.15) is 36.5 Å². The highest BCUT2D eigenvalue weighted by atomic mass is 32.2. The number of thioether (sulfide) groups is 1. The standard InChI is InChI=1S/C15H22N2OS/c1-2-9-16-14-8-4-3-7-13(14)15(18)17-11-12-6-5-10-19-12/h3-4,7-8,12,16H,2,5-6,9-11H2,1H3,(H,17,18). The number of carbonyl (C=O) groups is 1. The Morgan fingerprint density at radius 1 is 1.42 bits per heavy atom. The molecule has 1 aliphatic heterocycles. The fourth-order valence-electron chi connectivity index (χ4n) is 2.20. The first kappa shape index (κ1) is 14.3. The third-order valence-corrected chi connectivity index (χ3v) is 4.65. The zero-order chi connectivity index (χ0) is 13.5. The Balaban J connectivity index is 1.93. The highest BCUT2D eigenvalue weighted by molar-refractivity contribution is 8.00. The molecule has 1 aromatic rings. The molecule has 2 rings (SSSR count). The summed E-state index contributed by atoms with van der Waals surface area (Å²) in [4.78, 5) is 12.2. The van der Waals surface area contributed by atoms with Gasteiger partial charge in [-0.1, -0.05) is 19.1 Å². The molecule has 1 aromatic carbocycles. The van der Waals surface area contributed by atoms with E-state index in [4.69, 9.17) is 0 Å². The number of hydrogen-bond donors (Lipinski definition) is 2. The second-order valence-electron chi connectivity index (χ2n) is 4.82. The summed E-state index contributed by atoms with van der Waals surface area (Å²) in [5.41, 5.74) is 1.68. The average molecular weight is 278 g/mol. The van der Waals surface area contributed by atoms with Gasteiger partial charge in [-0.25, -0.2) is 0 Å². The van der Waals surface area contributed by atoms with Crippen molar-refractivity contribution in [3.05, 3.63) is 29.8 Å². The minimum absolute atomic E-state index is 0.0340. The largest absolute Gasteiger partial charge is 0.384 e.